The summed E-state index contributed by atoms with van der Waals surface area (Å²) in [5.41, 5.74) is 1.11. The van der Waals surface area contributed by atoms with Crippen LogP contribution in [0.3, 0.4) is 0 Å². The number of anilines is 2. The Morgan fingerprint density at radius 2 is 1.97 bits per heavy atom. The summed E-state index contributed by atoms with van der Waals surface area (Å²) >= 11 is 14.0. The van der Waals surface area contributed by atoms with Gasteiger partial charge in [-0.25, -0.2) is 14.8 Å². The molecule has 4 rings (SSSR count). The van der Waals surface area contributed by atoms with Crippen molar-refractivity contribution in [3.8, 4) is 0 Å². The summed E-state index contributed by atoms with van der Waals surface area (Å²) in [4.78, 5) is 29.7. The Balaban J connectivity index is 1.54. The van der Waals surface area contributed by atoms with Crippen molar-refractivity contribution in [2.24, 2.45) is 10.4 Å². The van der Waals surface area contributed by atoms with E-state index in [1.807, 2.05) is 39.8 Å². The molecule has 2 N–H and O–H groups in total. The third-order valence-corrected chi connectivity index (χ3v) is 8.93. The number of halogens is 2. The van der Waals surface area contributed by atoms with Crippen LogP contribution in [0, 0.1) is 12.3 Å². The molecular formula is C27H35Cl2N5O3S. The van der Waals surface area contributed by atoms with Crippen molar-refractivity contribution >= 4 is 58.4 Å². The normalized spacial score (nSPS) is 18.3. The minimum atomic E-state index is -0.562. The maximum absolute atomic E-state index is 12.4. The lowest BCUT2D eigenvalue weighted by Gasteiger charge is -2.40. The molecular weight excluding hydrogens is 545 g/mol. The number of aryl methyl sites for hydroxylation is 1. The second-order valence-corrected chi connectivity index (χ2v) is 12.6. The van der Waals surface area contributed by atoms with Gasteiger partial charge in [0.25, 0.3) is 0 Å². The number of amides is 1. The van der Waals surface area contributed by atoms with Gasteiger partial charge in [-0.2, -0.15) is 4.99 Å². The third kappa shape index (κ3) is 6.73. The van der Waals surface area contributed by atoms with E-state index in [-0.39, 0.29) is 12.0 Å². The number of carbonyl (C=O) groups excluding carboxylic acids is 1. The highest BCUT2D eigenvalue weighted by atomic mass is 35.5. The average Bonchev–Trinajstić information content (AvgIpc) is 3.22. The van der Waals surface area contributed by atoms with E-state index in [1.165, 1.54) is 11.8 Å². The zero-order valence-electron chi connectivity index (χ0n) is 22.3. The molecule has 0 radical (unpaired) electrons. The fourth-order valence-corrected chi connectivity index (χ4v) is 6.38. The molecule has 0 unspecified atom stereocenters. The van der Waals surface area contributed by atoms with E-state index in [9.17, 15) is 9.90 Å². The second-order valence-electron chi connectivity index (χ2n) is 10.8. The van der Waals surface area contributed by atoms with Gasteiger partial charge < -0.3 is 20.1 Å². The van der Waals surface area contributed by atoms with Gasteiger partial charge in [0.2, 0.25) is 0 Å². The first kappa shape index (κ1) is 28.9. The number of benzene rings is 1. The average molecular weight is 581 g/mol. The number of aliphatic hydroxyl groups is 1. The lowest BCUT2D eigenvalue weighted by molar-refractivity contribution is 0.0602. The number of carbonyl (C=O) groups is 1. The van der Waals surface area contributed by atoms with Crippen molar-refractivity contribution < 1.29 is 14.6 Å². The maximum atomic E-state index is 12.4. The predicted molar refractivity (Wildman–Crippen MR) is 154 cm³/mol. The van der Waals surface area contributed by atoms with Gasteiger partial charge in [0.15, 0.2) is 11.6 Å². The van der Waals surface area contributed by atoms with E-state index in [0.717, 1.165) is 72.3 Å². The summed E-state index contributed by atoms with van der Waals surface area (Å²) in [5.74, 6) is 1.38. The van der Waals surface area contributed by atoms with Crippen molar-refractivity contribution in [3.05, 3.63) is 33.9 Å². The fraction of sp³-hybridized carbons (Fsp3) is 0.556. The molecule has 1 aliphatic carbocycles. The fourth-order valence-electron chi connectivity index (χ4n) is 5.03. The van der Waals surface area contributed by atoms with Gasteiger partial charge >= 0.3 is 6.09 Å². The molecule has 11 heteroatoms. The van der Waals surface area contributed by atoms with E-state index >= 15 is 0 Å². The Morgan fingerprint density at radius 3 is 2.66 bits per heavy atom. The molecule has 38 heavy (non-hydrogen) atoms. The molecule has 1 saturated heterocycles. The van der Waals surface area contributed by atoms with Crippen LogP contribution in [0.1, 0.15) is 58.6 Å². The van der Waals surface area contributed by atoms with Gasteiger partial charge in [0, 0.05) is 35.7 Å². The maximum Gasteiger partial charge on any atom is 0.434 e. The molecule has 2 aliphatic rings. The van der Waals surface area contributed by atoms with Crippen LogP contribution in [-0.4, -0.2) is 58.7 Å². The SMILES string of the molecule is Cc1nc(N2CCC3(CCCC3=NC(=O)OC(C)(C)C)CC2)c(NCCO)nc1Sc1cccc(Cl)c1Cl. The summed E-state index contributed by atoms with van der Waals surface area (Å²) in [6, 6.07) is 5.50. The summed E-state index contributed by atoms with van der Waals surface area (Å²) in [6.07, 6.45) is 4.15. The number of rotatable bonds is 6. The molecule has 1 aromatic carbocycles. The number of aromatic nitrogens is 2. The molecule has 0 atom stereocenters. The Kier molecular flexibility index (Phi) is 9.12. The van der Waals surface area contributed by atoms with Crippen LogP contribution in [0.4, 0.5) is 16.4 Å². The van der Waals surface area contributed by atoms with Crippen LogP contribution in [0.5, 0.6) is 0 Å². The third-order valence-electron chi connectivity index (χ3n) is 6.86. The first-order chi connectivity index (χ1) is 18.0. The van der Waals surface area contributed by atoms with E-state index in [1.54, 1.807) is 6.07 Å². The number of nitrogens with one attached hydrogen (secondary N) is 1. The van der Waals surface area contributed by atoms with E-state index in [2.05, 4.69) is 15.2 Å². The van der Waals surface area contributed by atoms with E-state index < -0.39 is 11.7 Å². The minimum Gasteiger partial charge on any atom is -0.442 e. The number of nitrogens with zero attached hydrogens (tertiary/aromatic N) is 4. The molecule has 1 spiro atoms. The standard InChI is InChI=1S/C27H35Cl2N5O3S/c1-17-24(38-19-8-5-7-18(28)21(19)29)33-22(30-13-16-35)23(31-17)34-14-11-27(12-15-34)10-6-9-20(27)32-25(36)37-26(2,3)4/h5,7-8,35H,6,9-16H2,1-4H3,(H,30,33). The summed E-state index contributed by atoms with van der Waals surface area (Å²) in [5, 5.41) is 14.4. The van der Waals surface area contributed by atoms with Gasteiger partial charge in [-0.05, 0) is 71.9 Å². The van der Waals surface area contributed by atoms with Gasteiger partial charge in [-0.3, -0.25) is 0 Å². The van der Waals surface area contributed by atoms with Crippen molar-refractivity contribution in [2.75, 3.05) is 36.5 Å². The van der Waals surface area contributed by atoms with Crippen LogP contribution in [-0.2, 0) is 4.74 Å². The van der Waals surface area contributed by atoms with Gasteiger partial charge in [0.05, 0.1) is 22.3 Å². The largest absolute Gasteiger partial charge is 0.442 e. The molecule has 1 aromatic heterocycles. The predicted octanol–water partition coefficient (Wildman–Crippen LogP) is 6.79. The van der Waals surface area contributed by atoms with Gasteiger partial charge in [-0.15, -0.1) is 0 Å². The van der Waals surface area contributed by atoms with Crippen LogP contribution in [0.25, 0.3) is 0 Å². The number of aliphatic imine (C=N–C) groups is 1. The first-order valence-electron chi connectivity index (χ1n) is 12.9. The molecule has 1 saturated carbocycles. The zero-order chi connectivity index (χ0) is 27.5. The molecule has 206 valence electrons. The summed E-state index contributed by atoms with van der Waals surface area (Å²) in [6.45, 7) is 9.36. The first-order valence-corrected chi connectivity index (χ1v) is 14.5. The quantitative estimate of drug-likeness (QED) is 0.385. The van der Waals surface area contributed by atoms with Gasteiger partial charge in [-0.1, -0.05) is 41.0 Å². The number of hydrogen-bond donors (Lipinski definition) is 2. The zero-order valence-corrected chi connectivity index (χ0v) is 24.6. The van der Waals surface area contributed by atoms with Crippen molar-refractivity contribution in [3.63, 3.8) is 0 Å². The number of piperidine rings is 1. The van der Waals surface area contributed by atoms with Crippen LogP contribution in [0.2, 0.25) is 10.0 Å². The highest BCUT2D eigenvalue weighted by Crippen LogP contribution is 2.46. The highest BCUT2D eigenvalue weighted by molar-refractivity contribution is 7.99. The van der Waals surface area contributed by atoms with E-state index in [0.29, 0.717) is 22.4 Å². The highest BCUT2D eigenvalue weighted by Gasteiger charge is 2.43. The number of aliphatic hydroxyl groups excluding tert-OH is 1. The van der Waals surface area contributed by atoms with Gasteiger partial charge in [0.1, 0.15) is 10.6 Å². The Hall–Kier alpha value is -2.07. The Labute approximate surface area is 238 Å². The number of hydrogen-bond acceptors (Lipinski definition) is 8. The molecule has 1 aliphatic heterocycles. The monoisotopic (exact) mass is 579 g/mol. The van der Waals surface area contributed by atoms with Crippen molar-refractivity contribution in [2.45, 2.75) is 75.3 Å². The van der Waals surface area contributed by atoms with Crippen LogP contribution in [0.15, 0.2) is 33.1 Å². The molecule has 0 bridgehead atoms. The molecule has 1 amide bonds. The topological polar surface area (TPSA) is 99.9 Å². The summed E-state index contributed by atoms with van der Waals surface area (Å²) in [7, 11) is 0. The molecule has 8 nitrogen and oxygen atoms in total. The summed E-state index contributed by atoms with van der Waals surface area (Å²) < 4.78 is 5.46. The minimum absolute atomic E-state index is 0.0226. The Morgan fingerprint density at radius 1 is 1.24 bits per heavy atom. The van der Waals surface area contributed by atoms with Crippen LogP contribution < -0.4 is 10.2 Å². The van der Waals surface area contributed by atoms with E-state index in [4.69, 9.17) is 37.9 Å². The smallest absolute Gasteiger partial charge is 0.434 e. The van der Waals surface area contributed by atoms with Crippen molar-refractivity contribution in [1.82, 2.24) is 9.97 Å². The molecule has 2 fully saturated rings. The number of ether oxygens (including phenoxy) is 1. The molecule has 2 heterocycles. The van der Waals surface area contributed by atoms with Crippen LogP contribution >= 0.6 is 35.0 Å². The Bertz CT molecular complexity index is 1210. The van der Waals surface area contributed by atoms with Crippen molar-refractivity contribution in [1.29, 1.82) is 0 Å². The molecule has 2 aromatic rings. The lowest BCUT2D eigenvalue weighted by Crippen LogP contribution is -2.43. The lowest BCUT2D eigenvalue weighted by atomic mass is 9.75. The second kappa shape index (κ2) is 12.0.